The lowest BCUT2D eigenvalue weighted by molar-refractivity contribution is 0.0854. The highest BCUT2D eigenvalue weighted by Gasteiger charge is 2.19. The Balaban J connectivity index is 2.34. The molecular formula is C15H23N3O. The van der Waals surface area contributed by atoms with E-state index in [1.807, 2.05) is 7.05 Å². The number of hydrogen-bond acceptors (Lipinski definition) is 3. The van der Waals surface area contributed by atoms with Crippen LogP contribution < -0.4 is 5.32 Å². The van der Waals surface area contributed by atoms with Gasteiger partial charge in [0.25, 0.3) is 0 Å². The lowest BCUT2D eigenvalue weighted by Gasteiger charge is -2.21. The molecule has 0 radical (unpaired) electrons. The summed E-state index contributed by atoms with van der Waals surface area (Å²) < 4.78 is 7.49. The van der Waals surface area contributed by atoms with Crippen molar-refractivity contribution in [3.8, 4) is 0 Å². The van der Waals surface area contributed by atoms with Gasteiger partial charge in [-0.25, -0.2) is 0 Å². The van der Waals surface area contributed by atoms with Crippen LogP contribution in [-0.2, 0) is 17.7 Å². The Kier molecular flexibility index (Phi) is 4.56. The predicted octanol–water partition coefficient (Wildman–Crippen LogP) is 2.22. The monoisotopic (exact) mass is 261 g/mol. The van der Waals surface area contributed by atoms with Gasteiger partial charge in [0.1, 0.15) is 0 Å². The molecule has 2 unspecified atom stereocenters. The summed E-state index contributed by atoms with van der Waals surface area (Å²) in [4.78, 5) is 0. The van der Waals surface area contributed by atoms with Gasteiger partial charge < -0.3 is 10.1 Å². The normalized spacial score (nSPS) is 14.7. The summed E-state index contributed by atoms with van der Waals surface area (Å²) in [5.41, 5.74) is 2.35. The van der Waals surface area contributed by atoms with Gasteiger partial charge in [0.2, 0.25) is 0 Å². The van der Waals surface area contributed by atoms with Crippen LogP contribution in [0.25, 0.3) is 10.9 Å². The van der Waals surface area contributed by atoms with Crippen LogP contribution in [0, 0.1) is 0 Å². The summed E-state index contributed by atoms with van der Waals surface area (Å²) in [6, 6.07) is 8.68. The van der Waals surface area contributed by atoms with Crippen LogP contribution in [0.5, 0.6) is 0 Å². The number of methoxy groups -OCH3 is 1. The zero-order valence-electron chi connectivity index (χ0n) is 12.2. The molecule has 1 heterocycles. The fourth-order valence-electron chi connectivity index (χ4n) is 2.46. The largest absolute Gasteiger partial charge is 0.380 e. The quantitative estimate of drug-likeness (QED) is 0.866. The summed E-state index contributed by atoms with van der Waals surface area (Å²) in [6.45, 7) is 5.10. The lowest BCUT2D eigenvalue weighted by atomic mass is 10.0. The molecule has 0 bridgehead atoms. The second kappa shape index (κ2) is 6.17. The number of aryl methyl sites for hydroxylation is 1. The van der Waals surface area contributed by atoms with Crippen LogP contribution in [0.15, 0.2) is 24.3 Å². The number of fused-ring (bicyclic) bond motifs is 1. The number of aromatic nitrogens is 2. The Morgan fingerprint density at radius 1 is 1.37 bits per heavy atom. The molecule has 0 aliphatic rings. The minimum atomic E-state index is 0.163. The van der Waals surface area contributed by atoms with Crippen molar-refractivity contribution in [1.29, 1.82) is 0 Å². The van der Waals surface area contributed by atoms with Gasteiger partial charge in [-0.05, 0) is 27.0 Å². The number of nitrogens with one attached hydrogen (secondary N) is 1. The molecule has 0 aliphatic heterocycles. The van der Waals surface area contributed by atoms with Crippen molar-refractivity contribution in [1.82, 2.24) is 15.1 Å². The van der Waals surface area contributed by atoms with E-state index in [1.54, 1.807) is 7.11 Å². The molecule has 0 fully saturated rings. The Hall–Kier alpha value is -1.39. The van der Waals surface area contributed by atoms with Gasteiger partial charge in [-0.3, -0.25) is 4.68 Å². The first-order valence-electron chi connectivity index (χ1n) is 6.85. The van der Waals surface area contributed by atoms with Crippen molar-refractivity contribution in [2.45, 2.75) is 39.0 Å². The van der Waals surface area contributed by atoms with Crippen LogP contribution in [0.2, 0.25) is 0 Å². The van der Waals surface area contributed by atoms with Crippen LogP contribution >= 0.6 is 0 Å². The summed E-state index contributed by atoms with van der Waals surface area (Å²) in [7, 11) is 3.72. The number of benzene rings is 1. The Morgan fingerprint density at radius 2 is 2.11 bits per heavy atom. The number of likely N-dealkylation sites (N-methyl/N-ethyl adjacent to an activating group) is 1. The van der Waals surface area contributed by atoms with E-state index in [0.29, 0.717) is 0 Å². The predicted molar refractivity (Wildman–Crippen MR) is 78.4 cm³/mol. The van der Waals surface area contributed by atoms with Crippen molar-refractivity contribution in [3.05, 3.63) is 30.0 Å². The smallest absolute Gasteiger partial charge is 0.0719 e. The topological polar surface area (TPSA) is 39.1 Å². The van der Waals surface area contributed by atoms with E-state index in [1.165, 1.54) is 10.9 Å². The highest BCUT2D eigenvalue weighted by molar-refractivity contribution is 5.82. The molecule has 1 aromatic carbocycles. The molecule has 0 saturated carbocycles. The van der Waals surface area contributed by atoms with Crippen molar-refractivity contribution in [3.63, 3.8) is 0 Å². The number of hydrogen-bond donors (Lipinski definition) is 1. The van der Waals surface area contributed by atoms with Gasteiger partial charge in [0.05, 0.1) is 17.3 Å². The summed E-state index contributed by atoms with van der Waals surface area (Å²) in [5.74, 6) is 0. The van der Waals surface area contributed by atoms with E-state index in [0.717, 1.165) is 18.7 Å². The lowest BCUT2D eigenvalue weighted by Crippen LogP contribution is -2.39. The van der Waals surface area contributed by atoms with E-state index < -0.39 is 0 Å². The van der Waals surface area contributed by atoms with Crippen molar-refractivity contribution >= 4 is 10.9 Å². The standard InChI is InChI=1S/C15H23N3O/c1-5-18-15-9-7-6-8-12(15)14(17-18)10-13(16-3)11(2)19-4/h6-9,11,13,16H,5,10H2,1-4H3. The van der Waals surface area contributed by atoms with Gasteiger partial charge in [-0.15, -0.1) is 0 Å². The number of nitrogens with zero attached hydrogens (tertiary/aromatic N) is 2. The van der Waals surface area contributed by atoms with E-state index in [9.17, 15) is 0 Å². The molecule has 104 valence electrons. The molecule has 4 nitrogen and oxygen atoms in total. The molecule has 4 heteroatoms. The van der Waals surface area contributed by atoms with Gasteiger partial charge >= 0.3 is 0 Å². The van der Waals surface area contributed by atoms with Crippen LogP contribution in [0.4, 0.5) is 0 Å². The van der Waals surface area contributed by atoms with Gasteiger partial charge in [-0.2, -0.15) is 5.10 Å². The number of para-hydroxylation sites is 1. The van der Waals surface area contributed by atoms with Crippen LogP contribution in [-0.4, -0.2) is 36.1 Å². The fraction of sp³-hybridized carbons (Fsp3) is 0.533. The molecule has 1 aromatic heterocycles. The van der Waals surface area contributed by atoms with E-state index in [4.69, 9.17) is 9.84 Å². The third kappa shape index (κ3) is 2.80. The Labute approximate surface area is 114 Å². The third-order valence-corrected chi connectivity index (χ3v) is 3.76. The molecule has 2 rings (SSSR count). The Bertz CT molecular complexity index is 535. The van der Waals surface area contributed by atoms with Gasteiger partial charge in [0, 0.05) is 31.5 Å². The maximum atomic E-state index is 5.42. The van der Waals surface area contributed by atoms with Crippen LogP contribution in [0.1, 0.15) is 19.5 Å². The first-order valence-corrected chi connectivity index (χ1v) is 6.85. The highest BCUT2D eigenvalue weighted by Crippen LogP contribution is 2.20. The van der Waals surface area contributed by atoms with Crippen molar-refractivity contribution in [2.24, 2.45) is 0 Å². The first kappa shape index (κ1) is 14.0. The molecule has 1 N–H and O–H groups in total. The summed E-state index contributed by atoms with van der Waals surface area (Å²) in [6.07, 6.45) is 1.04. The van der Waals surface area contributed by atoms with E-state index in [2.05, 4.69) is 48.1 Å². The zero-order valence-corrected chi connectivity index (χ0v) is 12.2. The fourth-order valence-corrected chi connectivity index (χ4v) is 2.46. The second-order valence-electron chi connectivity index (χ2n) is 4.82. The minimum Gasteiger partial charge on any atom is -0.380 e. The maximum Gasteiger partial charge on any atom is 0.0719 e. The number of rotatable bonds is 6. The molecule has 0 spiro atoms. The SMILES string of the molecule is CCn1nc(CC(NC)C(C)OC)c2ccccc21. The Morgan fingerprint density at radius 3 is 2.74 bits per heavy atom. The third-order valence-electron chi connectivity index (χ3n) is 3.76. The van der Waals surface area contributed by atoms with Crippen molar-refractivity contribution < 1.29 is 4.74 Å². The minimum absolute atomic E-state index is 0.163. The maximum absolute atomic E-state index is 5.42. The average molecular weight is 261 g/mol. The highest BCUT2D eigenvalue weighted by atomic mass is 16.5. The zero-order chi connectivity index (χ0) is 13.8. The van der Waals surface area contributed by atoms with Gasteiger partial charge in [0.15, 0.2) is 0 Å². The summed E-state index contributed by atoms with van der Waals surface area (Å²) >= 11 is 0. The molecule has 2 atom stereocenters. The summed E-state index contributed by atoms with van der Waals surface area (Å²) in [5, 5.41) is 9.30. The van der Waals surface area contributed by atoms with E-state index >= 15 is 0 Å². The molecule has 0 aliphatic carbocycles. The molecular weight excluding hydrogens is 238 g/mol. The van der Waals surface area contributed by atoms with Gasteiger partial charge in [-0.1, -0.05) is 18.2 Å². The molecule has 2 aromatic rings. The second-order valence-corrected chi connectivity index (χ2v) is 4.82. The average Bonchev–Trinajstić information content (AvgIpc) is 2.82. The molecule has 19 heavy (non-hydrogen) atoms. The van der Waals surface area contributed by atoms with E-state index in [-0.39, 0.29) is 12.1 Å². The number of ether oxygens (including phenoxy) is 1. The molecule has 0 saturated heterocycles. The first-order chi connectivity index (χ1) is 9.21. The van der Waals surface area contributed by atoms with Crippen molar-refractivity contribution in [2.75, 3.05) is 14.2 Å². The van der Waals surface area contributed by atoms with Crippen LogP contribution in [0.3, 0.4) is 0 Å². The molecule has 0 amide bonds.